The topological polar surface area (TPSA) is 93.5 Å². The highest BCUT2D eigenvalue weighted by molar-refractivity contribution is 9.10. The number of fused-ring (bicyclic) bond motifs is 2. The van der Waals surface area contributed by atoms with Crippen molar-refractivity contribution >= 4 is 49.5 Å². The van der Waals surface area contributed by atoms with Crippen molar-refractivity contribution in [3.05, 3.63) is 63.1 Å². The highest BCUT2D eigenvalue weighted by atomic mass is 79.9. The number of aromatic amines is 3. The van der Waals surface area contributed by atoms with Crippen LogP contribution in [0.5, 0.6) is 0 Å². The fourth-order valence-electron chi connectivity index (χ4n) is 2.57. The number of benzene rings is 2. The smallest absolute Gasteiger partial charge is 0.323 e. The van der Waals surface area contributed by atoms with Crippen LogP contribution in [0.25, 0.3) is 21.9 Å². The van der Waals surface area contributed by atoms with Gasteiger partial charge < -0.3 is 20.3 Å². The predicted molar refractivity (Wildman–Crippen MR) is 92.9 cm³/mol. The quantitative estimate of drug-likeness (QED) is 0.435. The van der Waals surface area contributed by atoms with E-state index >= 15 is 0 Å². The number of para-hydroxylation sites is 1. The van der Waals surface area contributed by atoms with Crippen molar-refractivity contribution in [2.45, 2.75) is 0 Å². The van der Waals surface area contributed by atoms with Crippen molar-refractivity contribution in [2.24, 2.45) is 0 Å². The molecule has 2 aromatic carbocycles. The fourth-order valence-corrected chi connectivity index (χ4v) is 3.19. The highest BCUT2D eigenvalue weighted by Gasteiger charge is 2.16. The monoisotopic (exact) mass is 370 g/mol. The maximum absolute atomic E-state index is 12.5. The molecule has 4 N–H and O–H groups in total. The summed E-state index contributed by atoms with van der Waals surface area (Å²) < 4.78 is 0.724. The van der Waals surface area contributed by atoms with E-state index in [-0.39, 0.29) is 11.6 Å². The Hall–Kier alpha value is -2.80. The first-order chi connectivity index (χ1) is 11.1. The standard InChI is InChI=1S/C16H11BrN4O2/c17-13-9-3-1-2-4-10(9)19-14(13)15(22)18-8-5-6-11-12(7-8)21-16(23)20-11/h1-7,19H,(H,18,22)(H2,20,21,23). The van der Waals surface area contributed by atoms with Gasteiger partial charge in [0, 0.05) is 16.6 Å². The Morgan fingerprint density at radius 2 is 1.74 bits per heavy atom. The van der Waals surface area contributed by atoms with E-state index in [1.807, 2.05) is 24.3 Å². The Bertz CT molecular complexity index is 1110. The molecular formula is C16H11BrN4O2. The van der Waals surface area contributed by atoms with Crippen LogP contribution in [-0.4, -0.2) is 20.9 Å². The van der Waals surface area contributed by atoms with E-state index in [4.69, 9.17) is 0 Å². The van der Waals surface area contributed by atoms with Gasteiger partial charge in [-0.25, -0.2) is 4.79 Å². The molecule has 114 valence electrons. The van der Waals surface area contributed by atoms with Crippen LogP contribution in [0.2, 0.25) is 0 Å². The largest absolute Gasteiger partial charge is 0.350 e. The Balaban J connectivity index is 1.69. The number of halogens is 1. The second-order valence-corrected chi connectivity index (χ2v) is 5.95. The molecule has 0 saturated carbocycles. The molecule has 0 spiro atoms. The zero-order chi connectivity index (χ0) is 16.0. The number of nitrogens with one attached hydrogen (secondary N) is 4. The van der Waals surface area contributed by atoms with Gasteiger partial charge in [0.05, 0.1) is 15.5 Å². The fraction of sp³-hybridized carbons (Fsp3) is 0. The van der Waals surface area contributed by atoms with Gasteiger partial charge in [0.15, 0.2) is 0 Å². The van der Waals surface area contributed by atoms with Gasteiger partial charge in [0.25, 0.3) is 5.91 Å². The number of aromatic nitrogens is 3. The third-order valence-electron chi connectivity index (χ3n) is 3.64. The lowest BCUT2D eigenvalue weighted by molar-refractivity contribution is 0.102. The number of H-pyrrole nitrogens is 3. The summed E-state index contributed by atoms with van der Waals surface area (Å²) in [6.45, 7) is 0. The Morgan fingerprint density at radius 3 is 2.57 bits per heavy atom. The van der Waals surface area contributed by atoms with Gasteiger partial charge in [0.1, 0.15) is 5.69 Å². The first-order valence-corrected chi connectivity index (χ1v) is 7.71. The maximum atomic E-state index is 12.5. The van der Waals surface area contributed by atoms with E-state index in [0.29, 0.717) is 22.4 Å². The molecule has 0 aliphatic carbocycles. The molecule has 0 unspecified atom stereocenters. The molecule has 0 saturated heterocycles. The van der Waals surface area contributed by atoms with E-state index in [1.54, 1.807) is 18.2 Å². The minimum Gasteiger partial charge on any atom is -0.350 e. The number of rotatable bonds is 2. The molecular weight excluding hydrogens is 360 g/mol. The normalized spacial score (nSPS) is 11.2. The summed E-state index contributed by atoms with van der Waals surface area (Å²) in [5.74, 6) is -0.259. The molecule has 7 heteroatoms. The van der Waals surface area contributed by atoms with Crippen molar-refractivity contribution in [3.8, 4) is 0 Å². The number of hydrogen-bond donors (Lipinski definition) is 4. The molecule has 0 atom stereocenters. The molecule has 4 aromatic rings. The summed E-state index contributed by atoms with van der Waals surface area (Å²) in [6, 6.07) is 12.9. The number of carbonyl (C=O) groups is 1. The van der Waals surface area contributed by atoms with E-state index in [1.165, 1.54) is 0 Å². The van der Waals surface area contributed by atoms with Gasteiger partial charge in [0.2, 0.25) is 0 Å². The molecule has 1 amide bonds. The van der Waals surface area contributed by atoms with Crippen LogP contribution in [0.1, 0.15) is 10.5 Å². The van der Waals surface area contributed by atoms with Crippen LogP contribution < -0.4 is 11.0 Å². The number of carbonyl (C=O) groups excluding carboxylic acids is 1. The lowest BCUT2D eigenvalue weighted by Crippen LogP contribution is -2.12. The van der Waals surface area contributed by atoms with Crippen molar-refractivity contribution < 1.29 is 4.79 Å². The SMILES string of the molecule is O=C(Nc1ccc2[nH]c(=O)[nH]c2c1)c1[nH]c2ccccc2c1Br. The highest BCUT2D eigenvalue weighted by Crippen LogP contribution is 2.28. The van der Waals surface area contributed by atoms with Gasteiger partial charge in [-0.2, -0.15) is 0 Å². The number of hydrogen-bond acceptors (Lipinski definition) is 2. The lowest BCUT2D eigenvalue weighted by atomic mass is 10.2. The van der Waals surface area contributed by atoms with E-state index < -0.39 is 0 Å². The number of imidazole rings is 1. The third-order valence-corrected chi connectivity index (χ3v) is 4.47. The minimum absolute atomic E-state index is 0.259. The number of amides is 1. The van der Waals surface area contributed by atoms with E-state index in [0.717, 1.165) is 15.4 Å². The summed E-state index contributed by atoms with van der Waals surface area (Å²) in [6.07, 6.45) is 0. The van der Waals surface area contributed by atoms with Crippen molar-refractivity contribution in [1.82, 2.24) is 15.0 Å². The second kappa shape index (κ2) is 5.13. The summed E-state index contributed by atoms with van der Waals surface area (Å²) >= 11 is 3.46. The summed E-state index contributed by atoms with van der Waals surface area (Å²) in [4.78, 5) is 32.2. The van der Waals surface area contributed by atoms with Crippen LogP contribution >= 0.6 is 15.9 Å². The molecule has 2 heterocycles. The first-order valence-electron chi connectivity index (χ1n) is 6.91. The molecule has 4 rings (SSSR count). The van der Waals surface area contributed by atoms with Crippen LogP contribution in [0, 0.1) is 0 Å². The van der Waals surface area contributed by atoms with Gasteiger partial charge in [-0.3, -0.25) is 4.79 Å². The van der Waals surface area contributed by atoms with Crippen LogP contribution in [0.15, 0.2) is 51.7 Å². The average Bonchev–Trinajstić information content (AvgIpc) is 3.07. The zero-order valence-corrected chi connectivity index (χ0v) is 13.3. The molecule has 0 aliphatic rings. The predicted octanol–water partition coefficient (Wildman–Crippen LogP) is 3.35. The molecule has 2 aromatic heterocycles. The Morgan fingerprint density at radius 1 is 0.957 bits per heavy atom. The molecule has 0 aliphatic heterocycles. The van der Waals surface area contributed by atoms with Crippen LogP contribution in [-0.2, 0) is 0 Å². The third kappa shape index (κ3) is 2.35. The summed E-state index contributed by atoms with van der Waals surface area (Å²) in [7, 11) is 0. The first kappa shape index (κ1) is 13.8. The van der Waals surface area contributed by atoms with Gasteiger partial charge in [-0.05, 0) is 40.2 Å². The molecule has 0 radical (unpaired) electrons. The Labute approximate surface area is 138 Å². The molecule has 6 nitrogen and oxygen atoms in total. The van der Waals surface area contributed by atoms with Crippen LogP contribution in [0.4, 0.5) is 5.69 Å². The van der Waals surface area contributed by atoms with Crippen molar-refractivity contribution in [2.75, 3.05) is 5.32 Å². The molecule has 23 heavy (non-hydrogen) atoms. The summed E-state index contributed by atoms with van der Waals surface area (Å²) in [5.41, 5.74) is 3.00. The lowest BCUT2D eigenvalue weighted by Gasteiger charge is -2.04. The molecule has 0 fully saturated rings. The zero-order valence-electron chi connectivity index (χ0n) is 11.7. The van der Waals surface area contributed by atoms with Gasteiger partial charge >= 0.3 is 5.69 Å². The van der Waals surface area contributed by atoms with E-state index in [9.17, 15) is 9.59 Å². The van der Waals surface area contributed by atoms with Crippen molar-refractivity contribution in [3.63, 3.8) is 0 Å². The maximum Gasteiger partial charge on any atom is 0.323 e. The van der Waals surface area contributed by atoms with Gasteiger partial charge in [-0.1, -0.05) is 18.2 Å². The van der Waals surface area contributed by atoms with Crippen LogP contribution in [0.3, 0.4) is 0 Å². The van der Waals surface area contributed by atoms with E-state index in [2.05, 4.69) is 36.2 Å². The minimum atomic E-state index is -0.276. The summed E-state index contributed by atoms with van der Waals surface area (Å²) in [5, 5.41) is 3.77. The molecule has 0 bridgehead atoms. The van der Waals surface area contributed by atoms with Gasteiger partial charge in [-0.15, -0.1) is 0 Å². The van der Waals surface area contributed by atoms with Crippen molar-refractivity contribution in [1.29, 1.82) is 0 Å². The Kier molecular flexibility index (Phi) is 3.09. The second-order valence-electron chi connectivity index (χ2n) is 5.15. The average molecular weight is 371 g/mol. The number of anilines is 1.